The lowest BCUT2D eigenvalue weighted by atomic mass is 9.94. The average Bonchev–Trinajstić information content (AvgIpc) is 2.61. The van der Waals surface area contributed by atoms with Crippen molar-refractivity contribution < 1.29 is 8.42 Å². The van der Waals surface area contributed by atoms with Crippen LogP contribution < -0.4 is 5.32 Å². The van der Waals surface area contributed by atoms with Crippen LogP contribution in [0.1, 0.15) is 24.3 Å². The third-order valence-corrected chi connectivity index (χ3v) is 4.30. The summed E-state index contributed by atoms with van der Waals surface area (Å²) in [4.78, 5) is 0. The SMILES string of the molecule is CS(=O)(=O)n1cc(C2CCCNC2)cc1Cl. The zero-order chi connectivity index (χ0) is 11.8. The number of aromatic nitrogens is 1. The van der Waals surface area contributed by atoms with Crippen molar-refractivity contribution in [2.45, 2.75) is 18.8 Å². The summed E-state index contributed by atoms with van der Waals surface area (Å²) in [6.07, 6.45) is 4.99. The molecular weight excluding hydrogens is 248 g/mol. The Labute approximate surface area is 101 Å². The Morgan fingerprint density at radius 3 is 2.81 bits per heavy atom. The van der Waals surface area contributed by atoms with Gasteiger partial charge in [0, 0.05) is 12.7 Å². The molecule has 1 aliphatic heterocycles. The summed E-state index contributed by atoms with van der Waals surface area (Å²) >= 11 is 5.91. The Morgan fingerprint density at radius 1 is 1.56 bits per heavy atom. The molecule has 0 bridgehead atoms. The predicted molar refractivity (Wildman–Crippen MR) is 64.5 cm³/mol. The van der Waals surface area contributed by atoms with E-state index in [-0.39, 0.29) is 5.15 Å². The van der Waals surface area contributed by atoms with E-state index in [9.17, 15) is 8.42 Å². The normalized spacial score (nSPS) is 22.2. The zero-order valence-electron chi connectivity index (χ0n) is 9.11. The first kappa shape index (κ1) is 12.0. The number of hydrogen-bond donors (Lipinski definition) is 1. The molecule has 1 N–H and O–H groups in total. The van der Waals surface area contributed by atoms with E-state index in [0.29, 0.717) is 5.92 Å². The van der Waals surface area contributed by atoms with E-state index >= 15 is 0 Å². The maximum Gasteiger partial charge on any atom is 0.236 e. The van der Waals surface area contributed by atoms with E-state index in [0.717, 1.165) is 41.7 Å². The van der Waals surface area contributed by atoms with Crippen molar-refractivity contribution in [2.75, 3.05) is 19.3 Å². The molecule has 1 atom stereocenters. The van der Waals surface area contributed by atoms with Crippen LogP contribution in [0.3, 0.4) is 0 Å². The van der Waals surface area contributed by atoms with Crippen molar-refractivity contribution in [3.63, 3.8) is 0 Å². The summed E-state index contributed by atoms with van der Waals surface area (Å²) in [5, 5.41) is 3.57. The van der Waals surface area contributed by atoms with E-state index in [4.69, 9.17) is 11.6 Å². The molecule has 6 heteroatoms. The summed E-state index contributed by atoms with van der Waals surface area (Å²) in [6, 6.07) is 1.75. The molecule has 0 amide bonds. The largest absolute Gasteiger partial charge is 0.316 e. The van der Waals surface area contributed by atoms with Gasteiger partial charge in [-0.2, -0.15) is 0 Å². The molecule has 0 aliphatic carbocycles. The Morgan fingerprint density at radius 2 is 2.31 bits per heavy atom. The zero-order valence-corrected chi connectivity index (χ0v) is 10.7. The molecule has 16 heavy (non-hydrogen) atoms. The fourth-order valence-corrected chi connectivity index (χ4v) is 3.28. The van der Waals surface area contributed by atoms with Crippen molar-refractivity contribution in [3.05, 3.63) is 23.0 Å². The van der Waals surface area contributed by atoms with Crippen molar-refractivity contribution in [1.29, 1.82) is 0 Å². The fourth-order valence-electron chi connectivity index (χ4n) is 2.05. The van der Waals surface area contributed by atoms with Gasteiger partial charge in [-0.05, 0) is 36.9 Å². The van der Waals surface area contributed by atoms with E-state index in [1.165, 1.54) is 0 Å². The van der Waals surface area contributed by atoms with Crippen LogP contribution in [0.2, 0.25) is 5.15 Å². The van der Waals surface area contributed by atoms with Crippen LogP contribution in [-0.2, 0) is 10.0 Å². The van der Waals surface area contributed by atoms with Gasteiger partial charge < -0.3 is 5.32 Å². The highest BCUT2D eigenvalue weighted by atomic mass is 35.5. The number of halogens is 1. The molecule has 1 aliphatic rings. The quantitative estimate of drug-likeness (QED) is 0.877. The van der Waals surface area contributed by atoms with Gasteiger partial charge in [-0.1, -0.05) is 11.6 Å². The van der Waals surface area contributed by atoms with E-state index in [1.807, 2.05) is 0 Å². The molecule has 2 rings (SSSR count). The van der Waals surface area contributed by atoms with Gasteiger partial charge in [0.05, 0.1) is 6.26 Å². The lowest BCUT2D eigenvalue weighted by molar-refractivity contribution is 0.462. The average molecular weight is 263 g/mol. The molecule has 4 nitrogen and oxygen atoms in total. The van der Waals surface area contributed by atoms with Crippen molar-refractivity contribution in [2.24, 2.45) is 0 Å². The van der Waals surface area contributed by atoms with Crippen molar-refractivity contribution >= 4 is 21.6 Å². The van der Waals surface area contributed by atoms with Crippen LogP contribution in [0.15, 0.2) is 12.3 Å². The third-order valence-electron chi connectivity index (χ3n) is 2.89. The molecule has 1 aromatic heterocycles. The second kappa shape index (κ2) is 4.39. The fraction of sp³-hybridized carbons (Fsp3) is 0.600. The summed E-state index contributed by atoms with van der Waals surface area (Å²) in [6.45, 7) is 1.93. The lowest BCUT2D eigenvalue weighted by Crippen LogP contribution is -2.28. The summed E-state index contributed by atoms with van der Waals surface area (Å²) in [5.74, 6) is 0.370. The number of nitrogens with one attached hydrogen (secondary N) is 1. The Kier molecular flexibility index (Phi) is 3.28. The van der Waals surface area contributed by atoms with Gasteiger partial charge in [0.2, 0.25) is 10.0 Å². The van der Waals surface area contributed by atoms with Crippen LogP contribution in [-0.4, -0.2) is 31.7 Å². The molecule has 0 radical (unpaired) electrons. The van der Waals surface area contributed by atoms with Gasteiger partial charge in [0.25, 0.3) is 0 Å². The summed E-state index contributed by atoms with van der Waals surface area (Å²) < 4.78 is 24.0. The van der Waals surface area contributed by atoms with E-state index in [1.54, 1.807) is 12.3 Å². The first-order valence-electron chi connectivity index (χ1n) is 5.27. The minimum Gasteiger partial charge on any atom is -0.316 e. The van der Waals surface area contributed by atoms with Gasteiger partial charge >= 0.3 is 0 Å². The molecule has 0 aromatic carbocycles. The Hall–Kier alpha value is -0.520. The Bertz CT molecular complexity index is 475. The standard InChI is InChI=1S/C10H15ClN2O2S/c1-16(14,15)13-7-9(5-10(13)11)8-3-2-4-12-6-8/h5,7-8,12H,2-4,6H2,1H3. The number of rotatable bonds is 2. The molecule has 1 unspecified atom stereocenters. The molecule has 0 saturated carbocycles. The van der Waals surface area contributed by atoms with Gasteiger partial charge in [-0.3, -0.25) is 0 Å². The van der Waals surface area contributed by atoms with Gasteiger partial charge in [0.1, 0.15) is 5.15 Å². The third kappa shape index (κ3) is 2.42. The summed E-state index contributed by atoms with van der Waals surface area (Å²) in [7, 11) is -3.29. The van der Waals surface area contributed by atoms with Gasteiger partial charge in [-0.15, -0.1) is 0 Å². The molecule has 1 fully saturated rings. The molecule has 1 saturated heterocycles. The smallest absolute Gasteiger partial charge is 0.236 e. The minimum absolute atomic E-state index is 0.267. The first-order chi connectivity index (χ1) is 7.48. The predicted octanol–water partition coefficient (Wildman–Crippen LogP) is 1.42. The highest BCUT2D eigenvalue weighted by Gasteiger charge is 2.20. The second-order valence-corrected chi connectivity index (χ2v) is 6.44. The molecular formula is C10H15ClN2O2S. The topological polar surface area (TPSA) is 51.1 Å². The van der Waals surface area contributed by atoms with Crippen LogP contribution in [0.4, 0.5) is 0 Å². The van der Waals surface area contributed by atoms with Crippen LogP contribution >= 0.6 is 11.6 Å². The van der Waals surface area contributed by atoms with Crippen molar-refractivity contribution in [3.8, 4) is 0 Å². The van der Waals surface area contributed by atoms with Crippen LogP contribution in [0, 0.1) is 0 Å². The van der Waals surface area contributed by atoms with Crippen molar-refractivity contribution in [1.82, 2.24) is 9.29 Å². The van der Waals surface area contributed by atoms with Gasteiger partial charge in [-0.25, -0.2) is 12.4 Å². The van der Waals surface area contributed by atoms with E-state index in [2.05, 4.69) is 5.32 Å². The molecule has 90 valence electrons. The van der Waals surface area contributed by atoms with Crippen LogP contribution in [0.25, 0.3) is 0 Å². The maximum absolute atomic E-state index is 11.4. The Balaban J connectivity index is 2.30. The molecule has 0 spiro atoms. The molecule has 1 aromatic rings. The maximum atomic E-state index is 11.4. The highest BCUT2D eigenvalue weighted by molar-refractivity contribution is 7.89. The summed E-state index contributed by atoms with van der Waals surface area (Å²) in [5.41, 5.74) is 1.00. The number of nitrogens with zero attached hydrogens (tertiary/aromatic N) is 1. The van der Waals surface area contributed by atoms with Crippen LogP contribution in [0.5, 0.6) is 0 Å². The monoisotopic (exact) mass is 262 g/mol. The number of piperidine rings is 1. The number of hydrogen-bond acceptors (Lipinski definition) is 3. The van der Waals surface area contributed by atoms with E-state index < -0.39 is 10.0 Å². The lowest BCUT2D eigenvalue weighted by Gasteiger charge is -2.21. The highest BCUT2D eigenvalue weighted by Crippen LogP contribution is 2.27. The first-order valence-corrected chi connectivity index (χ1v) is 7.50. The second-order valence-electron chi connectivity index (χ2n) is 4.20. The molecule has 2 heterocycles. The minimum atomic E-state index is -3.29. The van der Waals surface area contributed by atoms with Gasteiger partial charge in [0.15, 0.2) is 0 Å².